The molecule has 1 aliphatic heterocycles. The van der Waals surface area contributed by atoms with Gasteiger partial charge in [0.15, 0.2) is 5.69 Å². The maximum absolute atomic E-state index is 12.5. The topological polar surface area (TPSA) is 60.2 Å². The number of para-hydroxylation sites is 1. The second-order valence-electron chi connectivity index (χ2n) is 5.35. The molecule has 110 valence electrons. The fourth-order valence-electron chi connectivity index (χ4n) is 2.57. The average molecular weight is 286 g/mol. The third kappa shape index (κ3) is 2.95. The molecule has 1 aromatic heterocycles. The lowest BCUT2D eigenvalue weighted by atomic mass is 10.2. The fraction of sp³-hybridized carbons (Fsp3) is 0.400. The van der Waals surface area contributed by atoms with Crippen LogP contribution in [0.3, 0.4) is 0 Å². The first kappa shape index (κ1) is 13.8. The Hall–Kier alpha value is -2.21. The number of morpholine rings is 1. The number of carbonyl (C=O) groups excluding carboxylic acids is 1. The smallest absolute Gasteiger partial charge is 0.276 e. The van der Waals surface area contributed by atoms with Crippen molar-refractivity contribution < 1.29 is 9.53 Å². The molecule has 0 bridgehead atoms. The van der Waals surface area contributed by atoms with Gasteiger partial charge in [-0.1, -0.05) is 23.4 Å². The third-order valence-electron chi connectivity index (χ3n) is 3.44. The van der Waals surface area contributed by atoms with E-state index in [1.54, 1.807) is 15.8 Å². The lowest BCUT2D eigenvalue weighted by Crippen LogP contribution is -2.48. The molecular weight excluding hydrogens is 268 g/mol. The largest absolute Gasteiger partial charge is 0.372 e. The molecule has 0 radical (unpaired) electrons. The van der Waals surface area contributed by atoms with E-state index in [0.717, 1.165) is 5.69 Å². The van der Waals surface area contributed by atoms with E-state index >= 15 is 0 Å². The highest BCUT2D eigenvalue weighted by Gasteiger charge is 2.28. The van der Waals surface area contributed by atoms with Crippen molar-refractivity contribution in [3.63, 3.8) is 0 Å². The van der Waals surface area contributed by atoms with Gasteiger partial charge in [-0.25, -0.2) is 4.68 Å². The predicted molar refractivity (Wildman–Crippen MR) is 77.3 cm³/mol. The number of benzene rings is 1. The normalized spacial score (nSPS) is 22.3. The lowest BCUT2D eigenvalue weighted by molar-refractivity contribution is -0.0587. The second kappa shape index (κ2) is 5.65. The van der Waals surface area contributed by atoms with Crippen molar-refractivity contribution in [2.24, 2.45) is 0 Å². The monoisotopic (exact) mass is 286 g/mol. The minimum atomic E-state index is -0.0980. The van der Waals surface area contributed by atoms with Gasteiger partial charge in [-0.15, -0.1) is 5.10 Å². The molecule has 2 aromatic rings. The summed E-state index contributed by atoms with van der Waals surface area (Å²) in [4.78, 5) is 14.3. The van der Waals surface area contributed by atoms with Crippen LogP contribution < -0.4 is 0 Å². The third-order valence-corrected chi connectivity index (χ3v) is 3.44. The maximum Gasteiger partial charge on any atom is 0.276 e. The molecule has 0 spiro atoms. The first-order valence-electron chi connectivity index (χ1n) is 7.06. The molecule has 0 saturated carbocycles. The molecule has 0 N–H and O–H groups in total. The number of hydrogen-bond acceptors (Lipinski definition) is 4. The van der Waals surface area contributed by atoms with E-state index in [9.17, 15) is 4.79 Å². The minimum absolute atomic E-state index is 0.0434. The lowest BCUT2D eigenvalue weighted by Gasteiger charge is -2.34. The van der Waals surface area contributed by atoms with Gasteiger partial charge >= 0.3 is 0 Å². The summed E-state index contributed by atoms with van der Waals surface area (Å²) in [5.41, 5.74) is 1.24. The molecule has 1 aromatic carbocycles. The first-order valence-corrected chi connectivity index (χ1v) is 7.06. The molecule has 6 nitrogen and oxygen atoms in total. The first-order chi connectivity index (χ1) is 10.1. The number of ether oxygens (including phenoxy) is 1. The van der Waals surface area contributed by atoms with Crippen molar-refractivity contribution in [3.8, 4) is 5.69 Å². The van der Waals surface area contributed by atoms with Gasteiger partial charge < -0.3 is 9.64 Å². The molecule has 6 heteroatoms. The van der Waals surface area contributed by atoms with Gasteiger partial charge in [-0.2, -0.15) is 0 Å². The Morgan fingerprint density at radius 2 is 1.86 bits per heavy atom. The molecule has 1 saturated heterocycles. The number of rotatable bonds is 2. The van der Waals surface area contributed by atoms with Gasteiger partial charge in [0, 0.05) is 13.1 Å². The van der Waals surface area contributed by atoms with E-state index in [1.807, 2.05) is 44.2 Å². The quantitative estimate of drug-likeness (QED) is 0.839. The molecule has 2 heterocycles. The maximum atomic E-state index is 12.5. The minimum Gasteiger partial charge on any atom is -0.372 e. The Morgan fingerprint density at radius 3 is 2.52 bits per heavy atom. The van der Waals surface area contributed by atoms with Crippen LogP contribution in [0.1, 0.15) is 24.3 Å². The van der Waals surface area contributed by atoms with Crippen LogP contribution in [0, 0.1) is 0 Å². The molecule has 3 rings (SSSR count). The summed E-state index contributed by atoms with van der Waals surface area (Å²) in [7, 11) is 0. The fourth-order valence-corrected chi connectivity index (χ4v) is 2.57. The van der Waals surface area contributed by atoms with E-state index < -0.39 is 0 Å². The van der Waals surface area contributed by atoms with E-state index in [-0.39, 0.29) is 18.1 Å². The number of aromatic nitrogens is 3. The highest BCUT2D eigenvalue weighted by atomic mass is 16.5. The van der Waals surface area contributed by atoms with E-state index in [4.69, 9.17) is 4.74 Å². The van der Waals surface area contributed by atoms with Crippen LogP contribution in [0.25, 0.3) is 5.69 Å². The van der Waals surface area contributed by atoms with Crippen molar-refractivity contribution in [2.45, 2.75) is 26.1 Å². The van der Waals surface area contributed by atoms with Crippen LogP contribution in [0.5, 0.6) is 0 Å². The Balaban J connectivity index is 1.78. The van der Waals surface area contributed by atoms with Gasteiger partial charge in [0.05, 0.1) is 24.1 Å². The summed E-state index contributed by atoms with van der Waals surface area (Å²) in [5.74, 6) is -0.0980. The summed E-state index contributed by atoms with van der Waals surface area (Å²) in [6, 6.07) is 9.61. The Labute approximate surface area is 123 Å². The molecule has 1 amide bonds. The molecule has 2 atom stereocenters. The van der Waals surface area contributed by atoms with Crippen LogP contribution in [-0.4, -0.2) is 51.1 Å². The van der Waals surface area contributed by atoms with Crippen LogP contribution in [0.4, 0.5) is 0 Å². The van der Waals surface area contributed by atoms with Crippen LogP contribution in [0.2, 0.25) is 0 Å². The molecule has 0 unspecified atom stereocenters. The van der Waals surface area contributed by atoms with Crippen molar-refractivity contribution in [1.82, 2.24) is 19.9 Å². The Kier molecular flexibility index (Phi) is 3.70. The van der Waals surface area contributed by atoms with E-state index in [0.29, 0.717) is 18.8 Å². The number of carbonyl (C=O) groups is 1. The molecule has 1 aliphatic rings. The average Bonchev–Trinajstić information content (AvgIpc) is 2.96. The zero-order chi connectivity index (χ0) is 14.8. The van der Waals surface area contributed by atoms with E-state index in [2.05, 4.69) is 10.3 Å². The van der Waals surface area contributed by atoms with Crippen molar-refractivity contribution in [1.29, 1.82) is 0 Å². The zero-order valence-electron chi connectivity index (χ0n) is 12.1. The number of amides is 1. The molecular formula is C15H18N4O2. The van der Waals surface area contributed by atoms with Gasteiger partial charge in [0.2, 0.25) is 0 Å². The highest BCUT2D eigenvalue weighted by Crippen LogP contribution is 2.14. The summed E-state index contributed by atoms with van der Waals surface area (Å²) in [6.45, 7) is 5.11. The zero-order valence-corrected chi connectivity index (χ0v) is 12.1. The van der Waals surface area contributed by atoms with Gasteiger partial charge in [-0.3, -0.25) is 4.79 Å². The standard InChI is InChI=1S/C15H18N4O2/c1-11-8-18(9-12(2)21-11)15(20)14-10-19(17-16-14)13-6-4-3-5-7-13/h3-7,10-12H,8-9H2,1-2H3/t11-,12+. The van der Waals surface area contributed by atoms with Crippen LogP contribution >= 0.6 is 0 Å². The summed E-state index contributed by atoms with van der Waals surface area (Å²) in [5, 5.41) is 8.03. The molecule has 21 heavy (non-hydrogen) atoms. The van der Waals surface area contributed by atoms with Crippen molar-refractivity contribution in [2.75, 3.05) is 13.1 Å². The number of hydrogen-bond donors (Lipinski definition) is 0. The Morgan fingerprint density at radius 1 is 1.19 bits per heavy atom. The SMILES string of the molecule is C[C@@H]1CN(C(=O)c2cn(-c3ccccc3)nn2)C[C@H](C)O1. The van der Waals surface area contributed by atoms with Gasteiger partial charge in [0.25, 0.3) is 5.91 Å². The summed E-state index contributed by atoms with van der Waals surface area (Å²) in [6.07, 6.45) is 1.76. The van der Waals surface area contributed by atoms with Gasteiger partial charge in [0.1, 0.15) is 0 Å². The predicted octanol–water partition coefficient (Wildman–Crippen LogP) is 1.52. The highest BCUT2D eigenvalue weighted by molar-refractivity contribution is 5.92. The Bertz CT molecular complexity index is 616. The van der Waals surface area contributed by atoms with E-state index in [1.165, 1.54) is 0 Å². The number of nitrogens with zero attached hydrogens (tertiary/aromatic N) is 4. The van der Waals surface area contributed by atoms with Gasteiger partial charge in [-0.05, 0) is 26.0 Å². The van der Waals surface area contributed by atoms with Crippen LogP contribution in [-0.2, 0) is 4.74 Å². The summed E-state index contributed by atoms with van der Waals surface area (Å²) < 4.78 is 7.25. The van der Waals surface area contributed by atoms with Crippen molar-refractivity contribution in [3.05, 3.63) is 42.2 Å². The molecule has 1 fully saturated rings. The summed E-state index contributed by atoms with van der Waals surface area (Å²) >= 11 is 0. The van der Waals surface area contributed by atoms with Crippen molar-refractivity contribution >= 4 is 5.91 Å². The molecule has 0 aliphatic carbocycles. The van der Waals surface area contributed by atoms with Crippen LogP contribution in [0.15, 0.2) is 36.5 Å². The second-order valence-corrected chi connectivity index (χ2v) is 5.35.